The molecular formula is C21H24FN5O3S. The second-order valence-corrected chi connectivity index (χ2v) is 8.21. The van der Waals surface area contributed by atoms with Crippen LogP contribution in [0.15, 0.2) is 30.6 Å². The molecule has 0 saturated carbocycles. The standard InChI is InChI=1S/C21H24FN5O3S/c1-13-8-9-14(22)15(10-13)25-21-20-16(23-12-24-21)11-19(31-20)26-17(28)6-4-2-3-5-7-18(29)27-30/h8-12,30H,2-7H2,1H3,(H,26,28)(H,27,29)(H,23,24,25). The zero-order valence-corrected chi connectivity index (χ0v) is 17.9. The van der Waals surface area contributed by atoms with E-state index in [2.05, 4.69) is 20.6 Å². The maximum atomic E-state index is 14.1. The molecule has 0 unspecified atom stereocenters. The Morgan fingerprint density at radius 1 is 1.06 bits per heavy atom. The number of amides is 2. The second-order valence-electron chi connectivity index (χ2n) is 7.15. The van der Waals surface area contributed by atoms with Crippen LogP contribution in [0.3, 0.4) is 0 Å². The van der Waals surface area contributed by atoms with Gasteiger partial charge in [-0.3, -0.25) is 14.8 Å². The number of unbranched alkanes of at least 4 members (excludes halogenated alkanes) is 3. The van der Waals surface area contributed by atoms with Gasteiger partial charge in [0.1, 0.15) is 12.1 Å². The monoisotopic (exact) mass is 445 g/mol. The van der Waals surface area contributed by atoms with Gasteiger partial charge in [0.25, 0.3) is 0 Å². The molecule has 4 N–H and O–H groups in total. The van der Waals surface area contributed by atoms with Crippen molar-refractivity contribution in [1.82, 2.24) is 15.4 Å². The van der Waals surface area contributed by atoms with E-state index in [1.54, 1.807) is 23.7 Å². The Hall–Kier alpha value is -3.11. The summed E-state index contributed by atoms with van der Waals surface area (Å²) in [5.41, 5.74) is 3.51. The Bertz CT molecular complexity index is 1070. The fraction of sp³-hybridized carbons (Fsp3) is 0.333. The van der Waals surface area contributed by atoms with Crippen molar-refractivity contribution < 1.29 is 19.2 Å². The highest BCUT2D eigenvalue weighted by molar-refractivity contribution is 7.23. The number of hydroxylamine groups is 1. The van der Waals surface area contributed by atoms with E-state index >= 15 is 0 Å². The molecule has 0 aliphatic rings. The highest BCUT2D eigenvalue weighted by Gasteiger charge is 2.13. The highest BCUT2D eigenvalue weighted by Crippen LogP contribution is 2.34. The van der Waals surface area contributed by atoms with Crippen LogP contribution in [0, 0.1) is 12.7 Å². The van der Waals surface area contributed by atoms with Crippen LogP contribution in [-0.2, 0) is 9.59 Å². The predicted octanol–water partition coefficient (Wildman–Crippen LogP) is 4.67. The third-order valence-electron chi connectivity index (χ3n) is 4.63. The van der Waals surface area contributed by atoms with Gasteiger partial charge < -0.3 is 10.6 Å². The number of carbonyl (C=O) groups is 2. The number of hydrogen-bond donors (Lipinski definition) is 4. The SMILES string of the molecule is Cc1ccc(F)c(Nc2ncnc3cc(NC(=O)CCCCCCC(=O)NO)sc23)c1. The Kier molecular flexibility index (Phi) is 7.85. The zero-order chi connectivity index (χ0) is 22.2. The molecule has 3 rings (SSSR count). The van der Waals surface area contributed by atoms with E-state index in [0.717, 1.165) is 23.1 Å². The number of aryl methyl sites for hydroxylation is 1. The van der Waals surface area contributed by atoms with Gasteiger partial charge in [-0.25, -0.2) is 19.8 Å². The van der Waals surface area contributed by atoms with Gasteiger partial charge in [0.05, 0.1) is 20.9 Å². The quantitative estimate of drug-likeness (QED) is 0.205. The molecule has 0 radical (unpaired) electrons. The van der Waals surface area contributed by atoms with Gasteiger partial charge in [-0.15, -0.1) is 11.3 Å². The molecule has 31 heavy (non-hydrogen) atoms. The van der Waals surface area contributed by atoms with Crippen LogP contribution in [0.4, 0.5) is 20.9 Å². The first-order valence-electron chi connectivity index (χ1n) is 9.97. The van der Waals surface area contributed by atoms with Crippen LogP contribution < -0.4 is 16.1 Å². The van der Waals surface area contributed by atoms with E-state index < -0.39 is 5.91 Å². The van der Waals surface area contributed by atoms with Crippen molar-refractivity contribution >= 4 is 49.9 Å². The Morgan fingerprint density at radius 3 is 2.55 bits per heavy atom. The molecule has 3 aromatic rings. The number of halogens is 1. The Balaban J connectivity index is 1.56. The minimum Gasteiger partial charge on any atom is -0.337 e. The van der Waals surface area contributed by atoms with E-state index in [0.29, 0.717) is 41.3 Å². The molecule has 8 nitrogen and oxygen atoms in total. The van der Waals surface area contributed by atoms with E-state index in [4.69, 9.17) is 5.21 Å². The predicted molar refractivity (Wildman–Crippen MR) is 118 cm³/mol. The number of aromatic nitrogens is 2. The zero-order valence-electron chi connectivity index (χ0n) is 17.1. The van der Waals surface area contributed by atoms with E-state index in [1.807, 2.05) is 6.92 Å². The average Bonchev–Trinajstić information content (AvgIpc) is 3.16. The maximum Gasteiger partial charge on any atom is 0.243 e. The van der Waals surface area contributed by atoms with Crippen molar-refractivity contribution in [2.45, 2.75) is 45.4 Å². The van der Waals surface area contributed by atoms with Crippen LogP contribution in [-0.4, -0.2) is 27.0 Å². The number of nitrogens with one attached hydrogen (secondary N) is 3. The molecular weight excluding hydrogens is 421 g/mol. The van der Waals surface area contributed by atoms with Crippen LogP contribution >= 0.6 is 11.3 Å². The number of thiophene rings is 1. The number of fused-ring (bicyclic) bond motifs is 1. The number of anilines is 3. The molecule has 164 valence electrons. The molecule has 0 bridgehead atoms. The molecule has 1 aromatic carbocycles. The van der Waals surface area contributed by atoms with Gasteiger partial charge in [0.2, 0.25) is 11.8 Å². The van der Waals surface area contributed by atoms with Crippen molar-refractivity contribution in [3.8, 4) is 0 Å². The molecule has 10 heteroatoms. The molecule has 0 aliphatic carbocycles. The van der Waals surface area contributed by atoms with Crippen molar-refractivity contribution in [3.63, 3.8) is 0 Å². The summed E-state index contributed by atoms with van der Waals surface area (Å²) in [4.78, 5) is 31.6. The van der Waals surface area contributed by atoms with Gasteiger partial charge in [-0.1, -0.05) is 18.9 Å². The van der Waals surface area contributed by atoms with Gasteiger partial charge in [-0.05, 0) is 43.5 Å². The first-order chi connectivity index (χ1) is 15.0. The minimum absolute atomic E-state index is 0.105. The van der Waals surface area contributed by atoms with Gasteiger partial charge in [0.15, 0.2) is 5.82 Å². The lowest BCUT2D eigenvalue weighted by atomic mass is 10.1. The summed E-state index contributed by atoms with van der Waals surface area (Å²) in [6.07, 6.45) is 5.04. The van der Waals surface area contributed by atoms with Crippen LogP contribution in [0.1, 0.15) is 44.1 Å². The third-order valence-corrected chi connectivity index (χ3v) is 5.68. The number of rotatable bonds is 10. The Morgan fingerprint density at radius 2 is 1.81 bits per heavy atom. The van der Waals surface area contributed by atoms with Crippen LogP contribution in [0.5, 0.6) is 0 Å². The summed E-state index contributed by atoms with van der Waals surface area (Å²) in [6, 6.07) is 6.57. The molecule has 0 atom stereocenters. The summed E-state index contributed by atoms with van der Waals surface area (Å²) >= 11 is 1.32. The van der Waals surface area contributed by atoms with Crippen molar-refractivity contribution in [2.24, 2.45) is 0 Å². The highest BCUT2D eigenvalue weighted by atomic mass is 32.1. The van der Waals surface area contributed by atoms with E-state index in [1.165, 1.54) is 23.7 Å². The van der Waals surface area contributed by atoms with Crippen LogP contribution in [0.2, 0.25) is 0 Å². The summed E-state index contributed by atoms with van der Waals surface area (Å²) in [5, 5.41) is 15.0. The van der Waals surface area contributed by atoms with Gasteiger partial charge in [-0.2, -0.15) is 0 Å². The Labute approximate surface area is 182 Å². The summed E-state index contributed by atoms with van der Waals surface area (Å²) in [6.45, 7) is 1.88. The van der Waals surface area contributed by atoms with E-state index in [9.17, 15) is 14.0 Å². The molecule has 0 spiro atoms. The normalized spacial score (nSPS) is 10.8. The molecule has 0 fully saturated rings. The maximum absolute atomic E-state index is 14.1. The lowest BCUT2D eigenvalue weighted by Gasteiger charge is -2.08. The van der Waals surface area contributed by atoms with Crippen LogP contribution in [0.25, 0.3) is 10.2 Å². The van der Waals surface area contributed by atoms with E-state index in [-0.39, 0.29) is 18.1 Å². The summed E-state index contributed by atoms with van der Waals surface area (Å²) in [7, 11) is 0. The first-order valence-corrected chi connectivity index (χ1v) is 10.8. The fourth-order valence-electron chi connectivity index (χ4n) is 3.05. The average molecular weight is 446 g/mol. The molecule has 0 saturated heterocycles. The number of carbonyl (C=O) groups excluding carboxylic acids is 2. The third kappa shape index (κ3) is 6.43. The minimum atomic E-state index is -0.399. The molecule has 2 aromatic heterocycles. The van der Waals surface area contributed by atoms with Crippen molar-refractivity contribution in [3.05, 3.63) is 42.0 Å². The summed E-state index contributed by atoms with van der Waals surface area (Å²) in [5.74, 6) is -0.400. The molecule has 0 aliphatic heterocycles. The van der Waals surface area contributed by atoms with Gasteiger partial charge in [0, 0.05) is 12.8 Å². The van der Waals surface area contributed by atoms with Crippen molar-refractivity contribution in [1.29, 1.82) is 0 Å². The molecule has 2 amide bonds. The fourth-order valence-corrected chi connectivity index (χ4v) is 4.02. The smallest absolute Gasteiger partial charge is 0.243 e. The number of benzene rings is 1. The van der Waals surface area contributed by atoms with Gasteiger partial charge >= 0.3 is 0 Å². The number of hydrogen-bond acceptors (Lipinski definition) is 7. The summed E-state index contributed by atoms with van der Waals surface area (Å²) < 4.78 is 14.8. The van der Waals surface area contributed by atoms with Crippen molar-refractivity contribution in [2.75, 3.05) is 10.6 Å². The molecule has 2 heterocycles. The largest absolute Gasteiger partial charge is 0.337 e. The number of nitrogens with zero attached hydrogens (tertiary/aromatic N) is 2. The first kappa shape index (κ1) is 22.6. The lowest BCUT2D eigenvalue weighted by molar-refractivity contribution is -0.129. The second kappa shape index (κ2) is 10.8. The lowest BCUT2D eigenvalue weighted by Crippen LogP contribution is -2.17. The topological polar surface area (TPSA) is 116 Å².